The number of hydrogen-bond donors (Lipinski definition) is 1. The minimum Gasteiger partial charge on any atom is -0.364 e. The van der Waals surface area contributed by atoms with Crippen molar-refractivity contribution in [2.75, 3.05) is 16.8 Å². The van der Waals surface area contributed by atoms with Crippen molar-refractivity contribution >= 4 is 17.5 Å². The van der Waals surface area contributed by atoms with Gasteiger partial charge in [-0.1, -0.05) is 18.2 Å². The van der Waals surface area contributed by atoms with Crippen LogP contribution in [-0.4, -0.2) is 27.3 Å². The molecule has 0 unspecified atom stereocenters. The lowest BCUT2D eigenvalue weighted by atomic mass is 10.1. The summed E-state index contributed by atoms with van der Waals surface area (Å²) in [5.74, 6) is 1.34. The Morgan fingerprint density at radius 3 is 2.45 bits per heavy atom. The molecule has 0 spiro atoms. The molecule has 106 valence electrons. The molecular weight excluding hydrogens is 250 g/mol. The maximum absolute atomic E-state index is 4.55. The third kappa shape index (κ3) is 3.66. The first-order valence-electron chi connectivity index (χ1n) is 6.80. The number of anilines is 3. The first kappa shape index (κ1) is 14.2. The summed E-state index contributed by atoms with van der Waals surface area (Å²) in [6.07, 6.45) is 1.65. The summed E-state index contributed by atoms with van der Waals surface area (Å²) in [5, 5.41) is 11.5. The van der Waals surface area contributed by atoms with Gasteiger partial charge in [0.15, 0.2) is 5.82 Å². The molecule has 0 saturated heterocycles. The third-order valence-electron chi connectivity index (χ3n) is 2.68. The van der Waals surface area contributed by atoms with Crippen LogP contribution < -0.4 is 10.2 Å². The molecule has 0 aliphatic rings. The van der Waals surface area contributed by atoms with Crippen LogP contribution in [0.2, 0.25) is 0 Å². The molecule has 0 atom stereocenters. The highest BCUT2D eigenvalue weighted by Crippen LogP contribution is 2.22. The van der Waals surface area contributed by atoms with E-state index >= 15 is 0 Å². The molecule has 2 rings (SSSR count). The highest BCUT2D eigenvalue weighted by atomic mass is 15.3. The Bertz CT molecular complexity index is 548. The van der Waals surface area contributed by atoms with Crippen LogP contribution in [0.4, 0.5) is 17.5 Å². The standard InChI is InChI=1S/C15H21N5/c1-5-20(12-9-7-6-8-10-12)14-17-13(11-16-19-14)18-15(2,3)4/h6-11H,5H2,1-4H3,(H,17,18,19). The molecule has 1 aromatic carbocycles. The SMILES string of the molecule is CCN(c1ccccc1)c1nncc(NC(C)(C)C)n1. The Labute approximate surface area is 120 Å². The van der Waals surface area contributed by atoms with Gasteiger partial charge in [-0.2, -0.15) is 10.1 Å². The van der Waals surface area contributed by atoms with E-state index < -0.39 is 0 Å². The predicted molar refractivity (Wildman–Crippen MR) is 82.3 cm³/mol. The fourth-order valence-electron chi connectivity index (χ4n) is 1.90. The lowest BCUT2D eigenvalue weighted by Gasteiger charge is -2.23. The molecule has 2 aromatic rings. The summed E-state index contributed by atoms with van der Waals surface area (Å²) in [4.78, 5) is 6.58. The van der Waals surface area contributed by atoms with Gasteiger partial charge in [0.1, 0.15) is 0 Å². The maximum Gasteiger partial charge on any atom is 0.251 e. The zero-order valence-electron chi connectivity index (χ0n) is 12.5. The molecule has 1 heterocycles. The van der Waals surface area contributed by atoms with E-state index in [1.54, 1.807) is 6.20 Å². The van der Waals surface area contributed by atoms with Crippen molar-refractivity contribution in [3.63, 3.8) is 0 Å². The second-order valence-corrected chi connectivity index (χ2v) is 5.60. The van der Waals surface area contributed by atoms with Crippen molar-refractivity contribution in [1.29, 1.82) is 0 Å². The molecule has 5 heteroatoms. The lowest BCUT2D eigenvalue weighted by Crippen LogP contribution is -2.27. The van der Waals surface area contributed by atoms with E-state index in [-0.39, 0.29) is 5.54 Å². The van der Waals surface area contributed by atoms with E-state index in [4.69, 9.17) is 0 Å². The molecule has 1 N–H and O–H groups in total. The lowest BCUT2D eigenvalue weighted by molar-refractivity contribution is 0.628. The van der Waals surface area contributed by atoms with Crippen LogP contribution in [0.3, 0.4) is 0 Å². The molecule has 0 saturated carbocycles. The smallest absolute Gasteiger partial charge is 0.251 e. The molecule has 0 aliphatic carbocycles. The predicted octanol–water partition coefficient (Wildman–Crippen LogP) is 3.24. The van der Waals surface area contributed by atoms with Gasteiger partial charge in [-0.15, -0.1) is 5.10 Å². The van der Waals surface area contributed by atoms with E-state index in [0.29, 0.717) is 5.95 Å². The summed E-state index contributed by atoms with van der Waals surface area (Å²) < 4.78 is 0. The van der Waals surface area contributed by atoms with Gasteiger partial charge in [0.2, 0.25) is 0 Å². The number of nitrogens with zero attached hydrogens (tertiary/aromatic N) is 4. The van der Waals surface area contributed by atoms with E-state index in [0.717, 1.165) is 18.1 Å². The largest absolute Gasteiger partial charge is 0.364 e. The van der Waals surface area contributed by atoms with Crippen molar-refractivity contribution < 1.29 is 0 Å². The number of hydrogen-bond acceptors (Lipinski definition) is 5. The average molecular weight is 271 g/mol. The molecule has 0 radical (unpaired) electrons. The van der Waals surface area contributed by atoms with Gasteiger partial charge in [0.05, 0.1) is 6.20 Å². The first-order valence-corrected chi connectivity index (χ1v) is 6.80. The molecule has 20 heavy (non-hydrogen) atoms. The summed E-state index contributed by atoms with van der Waals surface area (Å²) >= 11 is 0. The minimum atomic E-state index is -0.0584. The van der Waals surface area contributed by atoms with E-state index in [9.17, 15) is 0 Å². The van der Waals surface area contributed by atoms with Gasteiger partial charge in [-0.25, -0.2) is 0 Å². The normalized spacial score (nSPS) is 11.2. The van der Waals surface area contributed by atoms with Crippen LogP contribution in [0.5, 0.6) is 0 Å². The van der Waals surface area contributed by atoms with E-state index in [1.807, 2.05) is 35.2 Å². The van der Waals surface area contributed by atoms with Gasteiger partial charge in [0, 0.05) is 17.8 Å². The third-order valence-corrected chi connectivity index (χ3v) is 2.68. The molecule has 0 bridgehead atoms. The van der Waals surface area contributed by atoms with Crippen LogP contribution in [0.15, 0.2) is 36.5 Å². The van der Waals surface area contributed by atoms with E-state index in [2.05, 4.69) is 48.2 Å². The first-order chi connectivity index (χ1) is 9.49. The zero-order valence-corrected chi connectivity index (χ0v) is 12.5. The minimum absolute atomic E-state index is 0.0584. The number of nitrogens with one attached hydrogen (secondary N) is 1. The van der Waals surface area contributed by atoms with Crippen molar-refractivity contribution in [2.24, 2.45) is 0 Å². The molecule has 1 aromatic heterocycles. The topological polar surface area (TPSA) is 53.9 Å². The van der Waals surface area contributed by atoms with Crippen LogP contribution in [-0.2, 0) is 0 Å². The van der Waals surface area contributed by atoms with Crippen LogP contribution in [0.25, 0.3) is 0 Å². The van der Waals surface area contributed by atoms with Crippen LogP contribution in [0.1, 0.15) is 27.7 Å². The monoisotopic (exact) mass is 271 g/mol. The Kier molecular flexibility index (Phi) is 4.17. The molecule has 0 aliphatic heterocycles. The fourth-order valence-corrected chi connectivity index (χ4v) is 1.90. The molecule has 5 nitrogen and oxygen atoms in total. The average Bonchev–Trinajstić information content (AvgIpc) is 2.39. The molecule has 0 fully saturated rings. The summed E-state index contributed by atoms with van der Waals surface area (Å²) in [6.45, 7) is 9.11. The molecular formula is C15H21N5. The van der Waals surface area contributed by atoms with Crippen LogP contribution in [0, 0.1) is 0 Å². The van der Waals surface area contributed by atoms with Crippen molar-refractivity contribution in [1.82, 2.24) is 15.2 Å². The van der Waals surface area contributed by atoms with Gasteiger partial charge in [0.25, 0.3) is 5.95 Å². The Balaban J connectivity index is 2.29. The maximum atomic E-state index is 4.55. The Morgan fingerprint density at radius 1 is 1.15 bits per heavy atom. The van der Waals surface area contributed by atoms with Gasteiger partial charge in [-0.3, -0.25) is 0 Å². The quantitative estimate of drug-likeness (QED) is 0.925. The zero-order chi connectivity index (χ0) is 14.6. The summed E-state index contributed by atoms with van der Waals surface area (Å²) in [6, 6.07) is 10.1. The van der Waals surface area contributed by atoms with Gasteiger partial charge < -0.3 is 10.2 Å². The number of benzene rings is 1. The Hall–Kier alpha value is -2.17. The summed E-state index contributed by atoms with van der Waals surface area (Å²) in [5.41, 5.74) is 1.00. The highest BCUT2D eigenvalue weighted by Gasteiger charge is 2.14. The Morgan fingerprint density at radius 2 is 1.85 bits per heavy atom. The highest BCUT2D eigenvalue weighted by molar-refractivity contribution is 5.57. The van der Waals surface area contributed by atoms with Crippen LogP contribution >= 0.6 is 0 Å². The van der Waals surface area contributed by atoms with Crippen molar-refractivity contribution in [3.8, 4) is 0 Å². The van der Waals surface area contributed by atoms with Gasteiger partial charge in [-0.05, 0) is 39.8 Å². The van der Waals surface area contributed by atoms with Crippen molar-refractivity contribution in [3.05, 3.63) is 36.5 Å². The van der Waals surface area contributed by atoms with Gasteiger partial charge >= 0.3 is 0 Å². The number of para-hydroxylation sites is 1. The number of aromatic nitrogens is 3. The second kappa shape index (κ2) is 5.86. The summed E-state index contributed by atoms with van der Waals surface area (Å²) in [7, 11) is 0. The van der Waals surface area contributed by atoms with E-state index in [1.165, 1.54) is 0 Å². The van der Waals surface area contributed by atoms with Crippen molar-refractivity contribution in [2.45, 2.75) is 33.2 Å². The molecule has 0 amide bonds. The second-order valence-electron chi connectivity index (χ2n) is 5.60. The number of rotatable bonds is 4. The fraction of sp³-hybridized carbons (Fsp3) is 0.400.